The summed E-state index contributed by atoms with van der Waals surface area (Å²) < 4.78 is 5.57. The molecule has 0 saturated heterocycles. The van der Waals surface area contributed by atoms with E-state index >= 15 is 0 Å². The molecule has 0 aliphatic carbocycles. The summed E-state index contributed by atoms with van der Waals surface area (Å²) in [5, 5.41) is 19.5. The lowest BCUT2D eigenvalue weighted by Gasteiger charge is -2.30. The topological polar surface area (TPSA) is 103 Å². The lowest BCUT2D eigenvalue weighted by molar-refractivity contribution is -0.132. The van der Waals surface area contributed by atoms with Crippen molar-refractivity contribution in [2.45, 2.75) is 40.0 Å². The summed E-state index contributed by atoms with van der Waals surface area (Å²) in [5.41, 5.74) is 2.64. The number of rotatable bonds is 13. The fraction of sp³-hybridized carbons (Fsp3) is 0.500. The number of hydrogen-bond donors (Lipinski definition) is 4. The number of anilines is 1. The molecule has 0 bridgehead atoms. The van der Waals surface area contributed by atoms with Gasteiger partial charge in [0, 0.05) is 44.2 Å². The predicted octanol–water partition coefficient (Wildman–Crippen LogP) is 2.95. The highest BCUT2D eigenvalue weighted by Gasteiger charge is 2.22. The molecule has 3 rings (SSSR count). The maximum atomic E-state index is 12.9. The minimum atomic E-state index is -0.229. The Morgan fingerprint density at radius 1 is 1.06 bits per heavy atom. The summed E-state index contributed by atoms with van der Waals surface area (Å²) in [5.74, 6) is 0.629. The smallest absolute Gasteiger partial charge is 0.262 e. The maximum absolute atomic E-state index is 12.9. The van der Waals surface area contributed by atoms with Gasteiger partial charge in [0.1, 0.15) is 11.5 Å². The fourth-order valence-electron chi connectivity index (χ4n) is 4.23. The molecule has 2 aromatic rings. The summed E-state index contributed by atoms with van der Waals surface area (Å²) in [6, 6.07) is 13.5. The van der Waals surface area contributed by atoms with Crippen molar-refractivity contribution < 1.29 is 19.4 Å². The number of benzene rings is 2. The number of amides is 2. The highest BCUT2D eigenvalue weighted by molar-refractivity contribution is 5.96. The molecule has 0 radical (unpaired) electrons. The van der Waals surface area contributed by atoms with E-state index in [1.165, 1.54) is 11.6 Å². The van der Waals surface area contributed by atoms with Crippen molar-refractivity contribution in [3.63, 3.8) is 0 Å². The summed E-state index contributed by atoms with van der Waals surface area (Å²) in [6.45, 7) is 10.6. The first-order chi connectivity index (χ1) is 17.2. The van der Waals surface area contributed by atoms with Gasteiger partial charge in [-0.05, 0) is 43.0 Å². The molecule has 0 saturated carbocycles. The Morgan fingerprint density at radius 2 is 1.78 bits per heavy atom. The number of aromatic hydroxyl groups is 1. The summed E-state index contributed by atoms with van der Waals surface area (Å²) in [7, 11) is 0. The molecule has 0 aromatic heterocycles. The first-order valence-corrected chi connectivity index (χ1v) is 12.7. The third-order valence-corrected chi connectivity index (χ3v) is 5.87. The van der Waals surface area contributed by atoms with E-state index in [9.17, 15) is 14.7 Å². The van der Waals surface area contributed by atoms with Crippen LogP contribution < -0.4 is 20.7 Å². The average molecular weight is 497 g/mol. The monoisotopic (exact) mass is 496 g/mol. The summed E-state index contributed by atoms with van der Waals surface area (Å²) in [4.78, 5) is 26.4. The number of phenolic OH excluding ortho intramolecular Hbond substituents is 1. The van der Waals surface area contributed by atoms with Gasteiger partial charge >= 0.3 is 0 Å². The second kappa shape index (κ2) is 13.3. The van der Waals surface area contributed by atoms with E-state index in [1.807, 2.05) is 23.1 Å². The van der Waals surface area contributed by atoms with Crippen LogP contribution >= 0.6 is 0 Å². The molecule has 36 heavy (non-hydrogen) atoms. The quantitative estimate of drug-likeness (QED) is 0.318. The van der Waals surface area contributed by atoms with Crippen LogP contribution in [0.1, 0.15) is 38.3 Å². The molecule has 2 aromatic carbocycles. The molecule has 0 atom stereocenters. The van der Waals surface area contributed by atoms with Crippen LogP contribution in [0.25, 0.3) is 0 Å². The Bertz CT molecular complexity index is 1000. The standard InChI is InChI=1S/C28H40N4O4/c1-28(2,3)20-32(26(35)11-14-29-12-9-21-7-5-4-6-8-21)16-15-30-13-10-22-17-23(33)18-24-27(22)36-19-25(34)31-24/h4-8,17-18,29-30,33H,9-16,19-20H2,1-3H3,(H,31,34). The number of carbonyl (C=O) groups excluding carboxylic acids is 2. The molecule has 0 fully saturated rings. The van der Waals surface area contributed by atoms with Gasteiger partial charge in [0.05, 0.1) is 5.69 Å². The summed E-state index contributed by atoms with van der Waals surface area (Å²) in [6.07, 6.45) is 2.05. The number of hydrogen-bond acceptors (Lipinski definition) is 6. The SMILES string of the molecule is CC(C)(C)CN(CCNCCc1cc(O)cc2c1OCC(=O)N2)C(=O)CCNCCc1ccccc1. The zero-order chi connectivity index (χ0) is 26.0. The Hall–Kier alpha value is -3.10. The Balaban J connectivity index is 1.41. The van der Waals surface area contributed by atoms with E-state index < -0.39 is 0 Å². The van der Waals surface area contributed by atoms with Crippen LogP contribution in [0.3, 0.4) is 0 Å². The largest absolute Gasteiger partial charge is 0.508 e. The van der Waals surface area contributed by atoms with Crippen molar-refractivity contribution in [1.29, 1.82) is 0 Å². The van der Waals surface area contributed by atoms with E-state index in [4.69, 9.17) is 4.74 Å². The molecule has 196 valence electrons. The Kier molecular flexibility index (Phi) is 10.1. The molecule has 1 aliphatic heterocycles. The number of nitrogens with zero attached hydrogens (tertiary/aromatic N) is 1. The van der Waals surface area contributed by atoms with Crippen LogP contribution in [0.5, 0.6) is 11.5 Å². The highest BCUT2D eigenvalue weighted by atomic mass is 16.5. The first kappa shape index (κ1) is 27.5. The van der Waals surface area contributed by atoms with Gasteiger partial charge in [0.2, 0.25) is 5.91 Å². The summed E-state index contributed by atoms with van der Waals surface area (Å²) >= 11 is 0. The van der Waals surface area contributed by atoms with E-state index in [0.717, 1.165) is 18.5 Å². The minimum Gasteiger partial charge on any atom is -0.508 e. The van der Waals surface area contributed by atoms with Gasteiger partial charge in [0.25, 0.3) is 5.91 Å². The van der Waals surface area contributed by atoms with Crippen molar-refractivity contribution >= 4 is 17.5 Å². The Morgan fingerprint density at radius 3 is 2.53 bits per heavy atom. The fourth-order valence-corrected chi connectivity index (χ4v) is 4.23. The van der Waals surface area contributed by atoms with Crippen LogP contribution in [0, 0.1) is 5.41 Å². The van der Waals surface area contributed by atoms with Crippen LogP contribution in [0.4, 0.5) is 5.69 Å². The van der Waals surface area contributed by atoms with Crippen molar-refractivity contribution in [3.05, 3.63) is 53.6 Å². The predicted molar refractivity (Wildman–Crippen MR) is 142 cm³/mol. The van der Waals surface area contributed by atoms with Crippen LogP contribution in [0.2, 0.25) is 0 Å². The van der Waals surface area contributed by atoms with Gasteiger partial charge in [-0.1, -0.05) is 51.1 Å². The molecular weight excluding hydrogens is 456 g/mol. The number of nitrogens with one attached hydrogen (secondary N) is 3. The molecule has 8 nitrogen and oxygen atoms in total. The number of carbonyl (C=O) groups is 2. The minimum absolute atomic E-state index is 0.0127. The van der Waals surface area contributed by atoms with E-state index in [2.05, 4.69) is 48.9 Å². The van der Waals surface area contributed by atoms with E-state index in [0.29, 0.717) is 57.0 Å². The second-order valence-electron chi connectivity index (χ2n) is 10.4. The van der Waals surface area contributed by atoms with Crippen LogP contribution in [-0.2, 0) is 22.4 Å². The molecule has 8 heteroatoms. The second-order valence-corrected chi connectivity index (χ2v) is 10.4. The number of fused-ring (bicyclic) bond motifs is 1. The van der Waals surface area contributed by atoms with Crippen LogP contribution in [-0.4, -0.2) is 67.7 Å². The molecule has 1 heterocycles. The van der Waals surface area contributed by atoms with Gasteiger partial charge in [0.15, 0.2) is 6.61 Å². The average Bonchev–Trinajstić information content (AvgIpc) is 2.82. The van der Waals surface area contributed by atoms with Crippen molar-refractivity contribution in [3.8, 4) is 11.5 Å². The van der Waals surface area contributed by atoms with Gasteiger partial charge in [-0.15, -0.1) is 0 Å². The lowest BCUT2D eigenvalue weighted by atomic mass is 9.96. The third kappa shape index (κ3) is 9.17. The van der Waals surface area contributed by atoms with E-state index in [-0.39, 0.29) is 29.6 Å². The molecular formula is C28H40N4O4. The number of phenols is 1. The number of ether oxygens (including phenoxy) is 1. The highest BCUT2D eigenvalue weighted by Crippen LogP contribution is 2.35. The van der Waals surface area contributed by atoms with Gasteiger partial charge < -0.3 is 30.7 Å². The Labute approximate surface area is 214 Å². The zero-order valence-corrected chi connectivity index (χ0v) is 21.7. The molecule has 4 N–H and O–H groups in total. The van der Waals surface area contributed by atoms with Gasteiger partial charge in [-0.2, -0.15) is 0 Å². The zero-order valence-electron chi connectivity index (χ0n) is 21.7. The van der Waals surface area contributed by atoms with Gasteiger partial charge in [-0.3, -0.25) is 9.59 Å². The normalized spacial score (nSPS) is 13.0. The first-order valence-electron chi connectivity index (χ1n) is 12.7. The van der Waals surface area contributed by atoms with Crippen LogP contribution in [0.15, 0.2) is 42.5 Å². The maximum Gasteiger partial charge on any atom is 0.262 e. The molecule has 1 aliphatic rings. The third-order valence-electron chi connectivity index (χ3n) is 5.87. The van der Waals surface area contributed by atoms with E-state index in [1.54, 1.807) is 6.07 Å². The molecule has 2 amide bonds. The van der Waals surface area contributed by atoms with Gasteiger partial charge in [-0.25, -0.2) is 0 Å². The van der Waals surface area contributed by atoms with Crippen molar-refractivity contribution in [1.82, 2.24) is 15.5 Å². The molecule has 0 spiro atoms. The molecule has 0 unspecified atom stereocenters. The lowest BCUT2D eigenvalue weighted by Crippen LogP contribution is -2.42. The van der Waals surface area contributed by atoms with Crippen molar-refractivity contribution in [2.75, 3.05) is 51.2 Å². The van der Waals surface area contributed by atoms with Crippen molar-refractivity contribution in [2.24, 2.45) is 5.41 Å².